The molecule has 0 atom stereocenters. The number of aromatic amines is 1. The first-order chi connectivity index (χ1) is 12.1. The van der Waals surface area contributed by atoms with Crippen LogP contribution in [0.25, 0.3) is 11.3 Å². The highest BCUT2D eigenvalue weighted by Gasteiger charge is 2.49. The maximum absolute atomic E-state index is 13.4. The lowest BCUT2D eigenvalue weighted by atomic mass is 9.82. The summed E-state index contributed by atoms with van der Waals surface area (Å²) >= 11 is 6.14. The summed E-state index contributed by atoms with van der Waals surface area (Å²) in [6, 6.07) is 3.80. The number of rotatable bonds is 3. The summed E-state index contributed by atoms with van der Waals surface area (Å²) in [6.45, 7) is 5.12. The van der Waals surface area contributed by atoms with E-state index in [1.54, 1.807) is 6.92 Å². The van der Waals surface area contributed by atoms with E-state index < -0.39 is 26.9 Å². The fourth-order valence-corrected chi connectivity index (χ4v) is 4.32. The molecule has 0 unspecified atom stereocenters. The van der Waals surface area contributed by atoms with Crippen LogP contribution in [0, 0.1) is 13.8 Å². The van der Waals surface area contributed by atoms with Crippen LogP contribution in [0.1, 0.15) is 30.7 Å². The minimum atomic E-state index is -4.49. The molecule has 0 radical (unpaired) electrons. The van der Waals surface area contributed by atoms with Crippen LogP contribution in [0.5, 0.6) is 0 Å². The van der Waals surface area contributed by atoms with Gasteiger partial charge in [-0.1, -0.05) is 17.7 Å². The van der Waals surface area contributed by atoms with Crippen LogP contribution in [0.4, 0.5) is 13.2 Å². The van der Waals surface area contributed by atoms with Crippen LogP contribution in [0.3, 0.4) is 0 Å². The molecular weight excluding hydrogens is 403 g/mol. The summed E-state index contributed by atoms with van der Waals surface area (Å²) < 4.78 is 63.5. The lowest BCUT2D eigenvalue weighted by Crippen LogP contribution is -2.36. The van der Waals surface area contributed by atoms with Crippen molar-refractivity contribution in [2.45, 2.75) is 44.2 Å². The van der Waals surface area contributed by atoms with Gasteiger partial charge in [0.05, 0.1) is 5.41 Å². The lowest BCUT2D eigenvalue weighted by molar-refractivity contribution is -0.180. The molecule has 0 aliphatic carbocycles. The van der Waals surface area contributed by atoms with Gasteiger partial charge in [-0.05, 0) is 44.9 Å². The molecule has 0 aliphatic heterocycles. The summed E-state index contributed by atoms with van der Waals surface area (Å²) in [5.74, 6) is 0. The number of aryl methyl sites for hydroxylation is 2. The third-order valence-electron chi connectivity index (χ3n) is 4.52. The van der Waals surface area contributed by atoms with E-state index >= 15 is 0 Å². The van der Waals surface area contributed by atoms with E-state index in [-0.39, 0.29) is 26.9 Å². The predicted molar refractivity (Wildman–Crippen MR) is 99.2 cm³/mol. The Morgan fingerprint density at radius 1 is 1.07 bits per heavy atom. The average Bonchev–Trinajstić information content (AvgIpc) is 2.45. The molecular formula is C18H19ClF3NO3S. The first kappa shape index (κ1) is 21.5. The van der Waals surface area contributed by atoms with Gasteiger partial charge in [0, 0.05) is 34.3 Å². The van der Waals surface area contributed by atoms with Crippen molar-refractivity contribution >= 4 is 21.4 Å². The van der Waals surface area contributed by atoms with Gasteiger partial charge in [-0.3, -0.25) is 4.79 Å². The third kappa shape index (κ3) is 3.91. The minimum Gasteiger partial charge on any atom is -0.357 e. The zero-order valence-electron chi connectivity index (χ0n) is 15.4. The second-order valence-corrected chi connectivity index (χ2v) is 9.40. The molecule has 0 amide bonds. The topological polar surface area (TPSA) is 67.0 Å². The Balaban J connectivity index is 2.70. The SMILES string of the molecule is Cc1cc(C(C)(C)C(F)(F)F)c(Cl)cc1-c1cc(=O)c(S(C)(=O)=O)c(C)[nH]1. The normalized spacial score (nSPS) is 13.1. The van der Waals surface area contributed by atoms with Crippen LogP contribution in [-0.4, -0.2) is 25.8 Å². The first-order valence-corrected chi connectivity index (χ1v) is 10.2. The molecule has 27 heavy (non-hydrogen) atoms. The third-order valence-corrected chi connectivity index (χ3v) is 6.08. The van der Waals surface area contributed by atoms with Crippen molar-refractivity contribution in [3.63, 3.8) is 0 Å². The van der Waals surface area contributed by atoms with E-state index in [0.29, 0.717) is 11.1 Å². The van der Waals surface area contributed by atoms with Gasteiger partial charge < -0.3 is 4.98 Å². The van der Waals surface area contributed by atoms with Crippen molar-refractivity contribution < 1.29 is 21.6 Å². The molecule has 0 bridgehead atoms. The van der Waals surface area contributed by atoms with E-state index in [2.05, 4.69) is 4.98 Å². The van der Waals surface area contributed by atoms with E-state index in [0.717, 1.165) is 26.2 Å². The van der Waals surface area contributed by atoms with Crippen molar-refractivity contribution in [3.05, 3.63) is 50.3 Å². The maximum atomic E-state index is 13.4. The number of nitrogens with one attached hydrogen (secondary N) is 1. The number of hydrogen-bond donors (Lipinski definition) is 1. The van der Waals surface area contributed by atoms with Gasteiger partial charge in [0.2, 0.25) is 5.43 Å². The fourth-order valence-electron chi connectivity index (χ4n) is 2.89. The number of sulfone groups is 1. The fraction of sp³-hybridized carbons (Fsp3) is 0.389. The zero-order valence-corrected chi connectivity index (χ0v) is 16.9. The Labute approximate surface area is 160 Å². The van der Waals surface area contributed by atoms with Gasteiger partial charge in [0.1, 0.15) is 4.90 Å². The summed E-state index contributed by atoms with van der Waals surface area (Å²) in [5.41, 5.74) is -1.62. The average molecular weight is 422 g/mol. The molecule has 2 aromatic rings. The van der Waals surface area contributed by atoms with Gasteiger partial charge in [-0.2, -0.15) is 13.2 Å². The summed E-state index contributed by atoms with van der Waals surface area (Å²) in [7, 11) is -3.72. The highest BCUT2D eigenvalue weighted by molar-refractivity contribution is 7.90. The van der Waals surface area contributed by atoms with Crippen LogP contribution >= 0.6 is 11.6 Å². The molecule has 1 aromatic heterocycles. The van der Waals surface area contributed by atoms with Crippen molar-refractivity contribution in [1.29, 1.82) is 0 Å². The number of benzene rings is 1. The molecule has 0 spiro atoms. The van der Waals surface area contributed by atoms with Crippen molar-refractivity contribution in [2.75, 3.05) is 6.26 Å². The standard InChI is InChI=1S/C18H19ClF3NO3S/c1-9-6-12(17(3,4)18(20,21)22)13(19)7-11(9)14-8-15(24)16(10(2)23-14)27(5,25)26/h6-8H,1-5H3,(H,23,24). The quantitative estimate of drug-likeness (QED) is 0.790. The molecule has 0 saturated carbocycles. The highest BCUT2D eigenvalue weighted by Crippen LogP contribution is 2.44. The number of aromatic nitrogens is 1. The van der Waals surface area contributed by atoms with Crippen molar-refractivity contribution in [1.82, 2.24) is 4.98 Å². The Morgan fingerprint density at radius 2 is 1.63 bits per heavy atom. The molecule has 148 valence electrons. The second kappa shape index (κ2) is 6.67. The molecule has 9 heteroatoms. The minimum absolute atomic E-state index is 0.0789. The number of alkyl halides is 3. The summed E-state index contributed by atoms with van der Waals surface area (Å²) in [4.78, 5) is 14.7. The van der Waals surface area contributed by atoms with Crippen LogP contribution in [0.15, 0.2) is 27.9 Å². The monoisotopic (exact) mass is 421 g/mol. The van der Waals surface area contributed by atoms with Crippen LogP contribution in [0.2, 0.25) is 5.02 Å². The Hall–Kier alpha value is -1.80. The first-order valence-electron chi connectivity index (χ1n) is 7.89. The zero-order chi connectivity index (χ0) is 20.9. The van der Waals surface area contributed by atoms with Gasteiger partial charge in [-0.25, -0.2) is 8.42 Å². The Bertz CT molecular complexity index is 1070. The number of H-pyrrole nitrogens is 1. The molecule has 1 aromatic carbocycles. The van der Waals surface area contributed by atoms with Crippen LogP contribution < -0.4 is 5.43 Å². The molecule has 2 rings (SSSR count). The van der Waals surface area contributed by atoms with E-state index in [4.69, 9.17) is 11.6 Å². The molecule has 1 heterocycles. The van der Waals surface area contributed by atoms with Gasteiger partial charge in [-0.15, -0.1) is 0 Å². The molecule has 1 N–H and O–H groups in total. The van der Waals surface area contributed by atoms with Gasteiger partial charge in [0.25, 0.3) is 0 Å². The predicted octanol–water partition coefficient (Wildman–Crippen LogP) is 4.56. The Kier molecular flexibility index (Phi) is 5.31. The van der Waals surface area contributed by atoms with E-state index in [1.807, 2.05) is 0 Å². The number of pyridine rings is 1. The largest absolute Gasteiger partial charge is 0.397 e. The highest BCUT2D eigenvalue weighted by atomic mass is 35.5. The Morgan fingerprint density at radius 3 is 2.07 bits per heavy atom. The van der Waals surface area contributed by atoms with Crippen molar-refractivity contribution in [3.8, 4) is 11.3 Å². The number of halogens is 4. The maximum Gasteiger partial charge on any atom is 0.397 e. The van der Waals surface area contributed by atoms with E-state index in [9.17, 15) is 26.4 Å². The molecule has 0 saturated heterocycles. The number of hydrogen-bond acceptors (Lipinski definition) is 3. The van der Waals surface area contributed by atoms with Gasteiger partial charge >= 0.3 is 6.18 Å². The molecule has 0 fully saturated rings. The van der Waals surface area contributed by atoms with Crippen LogP contribution in [-0.2, 0) is 15.3 Å². The summed E-state index contributed by atoms with van der Waals surface area (Å²) in [5, 5.41) is -0.0939. The van der Waals surface area contributed by atoms with Crippen molar-refractivity contribution in [2.24, 2.45) is 0 Å². The molecule has 0 aliphatic rings. The second-order valence-electron chi connectivity index (χ2n) is 7.04. The summed E-state index contributed by atoms with van der Waals surface area (Å²) in [6.07, 6.45) is -3.56. The smallest absolute Gasteiger partial charge is 0.357 e. The van der Waals surface area contributed by atoms with E-state index in [1.165, 1.54) is 19.1 Å². The lowest BCUT2D eigenvalue weighted by Gasteiger charge is -2.30. The molecule has 4 nitrogen and oxygen atoms in total. The van der Waals surface area contributed by atoms with Gasteiger partial charge in [0.15, 0.2) is 9.84 Å².